The number of Topliss-reactive ketones (excluding diaryl/α,β-unsaturated/α-hetero) is 1. The number of nitrogens with zero attached hydrogens (tertiary/aromatic N) is 1. The number of rotatable bonds is 3. The van der Waals surface area contributed by atoms with E-state index in [4.69, 9.17) is 14.7 Å². The van der Waals surface area contributed by atoms with E-state index < -0.39 is 5.92 Å². The van der Waals surface area contributed by atoms with Crippen LogP contribution in [0.4, 0.5) is 0 Å². The molecule has 1 aliphatic rings. The lowest BCUT2D eigenvalue weighted by molar-refractivity contribution is -0.113. The van der Waals surface area contributed by atoms with Gasteiger partial charge < -0.3 is 14.7 Å². The van der Waals surface area contributed by atoms with Crippen LogP contribution in [-0.4, -0.2) is 24.0 Å². The summed E-state index contributed by atoms with van der Waals surface area (Å²) in [5.74, 6) is 0.745. The van der Waals surface area contributed by atoms with Crippen molar-refractivity contribution in [3.8, 4) is 5.75 Å². The fourth-order valence-electron chi connectivity index (χ4n) is 2.23. The van der Waals surface area contributed by atoms with Gasteiger partial charge in [0, 0.05) is 5.57 Å². The first-order valence-electron chi connectivity index (χ1n) is 5.84. The lowest BCUT2D eigenvalue weighted by Gasteiger charge is -2.12. The van der Waals surface area contributed by atoms with Crippen LogP contribution in [0.5, 0.6) is 5.75 Å². The number of ether oxygens (including phenoxy) is 2. The maximum atomic E-state index is 11.7. The van der Waals surface area contributed by atoms with Crippen LogP contribution in [-0.2, 0) is 9.53 Å². The standard InChI is InChI=1S/C14H15NO4/c1-8(16)12-9(2)19-14(15-17)13(12)10-4-6-11(18-3)7-5-10/h4-7,13,17H,1-3H3. The van der Waals surface area contributed by atoms with E-state index in [0.717, 1.165) is 11.3 Å². The molecule has 0 radical (unpaired) electrons. The molecule has 0 aromatic heterocycles. The molecule has 19 heavy (non-hydrogen) atoms. The average molecular weight is 261 g/mol. The summed E-state index contributed by atoms with van der Waals surface area (Å²) in [5, 5.41) is 12.2. The molecule has 1 aromatic carbocycles. The maximum Gasteiger partial charge on any atom is 0.242 e. The number of hydrogen-bond acceptors (Lipinski definition) is 5. The molecule has 1 unspecified atom stereocenters. The molecule has 1 heterocycles. The highest BCUT2D eigenvalue weighted by molar-refractivity contribution is 6.06. The summed E-state index contributed by atoms with van der Waals surface area (Å²) in [7, 11) is 1.58. The van der Waals surface area contributed by atoms with Gasteiger partial charge in [-0.2, -0.15) is 0 Å². The monoisotopic (exact) mass is 261 g/mol. The van der Waals surface area contributed by atoms with Crippen molar-refractivity contribution in [3.63, 3.8) is 0 Å². The Bertz CT molecular complexity index is 557. The molecule has 0 aliphatic carbocycles. The van der Waals surface area contributed by atoms with E-state index in [-0.39, 0.29) is 11.7 Å². The largest absolute Gasteiger partial charge is 0.497 e. The smallest absolute Gasteiger partial charge is 0.242 e. The Hall–Kier alpha value is -2.30. The fraction of sp³-hybridized carbons (Fsp3) is 0.286. The van der Waals surface area contributed by atoms with Crippen LogP contribution in [0.1, 0.15) is 25.3 Å². The van der Waals surface area contributed by atoms with E-state index in [1.165, 1.54) is 6.92 Å². The number of oxime groups is 1. The molecule has 0 bridgehead atoms. The highest BCUT2D eigenvalue weighted by Crippen LogP contribution is 2.36. The maximum absolute atomic E-state index is 11.7. The first kappa shape index (κ1) is 13.1. The number of methoxy groups -OCH3 is 1. The third-order valence-electron chi connectivity index (χ3n) is 3.10. The van der Waals surface area contributed by atoms with Crippen molar-refractivity contribution in [2.45, 2.75) is 19.8 Å². The van der Waals surface area contributed by atoms with Crippen molar-refractivity contribution in [1.29, 1.82) is 0 Å². The van der Waals surface area contributed by atoms with Crippen molar-refractivity contribution in [2.75, 3.05) is 7.11 Å². The van der Waals surface area contributed by atoms with Crippen LogP contribution in [0.2, 0.25) is 0 Å². The molecule has 5 heteroatoms. The SMILES string of the molecule is COc1ccc(C2C(=NO)OC(C)=C2C(C)=O)cc1. The third-order valence-corrected chi connectivity index (χ3v) is 3.10. The lowest BCUT2D eigenvalue weighted by atomic mass is 9.89. The molecule has 0 saturated heterocycles. The second-order valence-electron chi connectivity index (χ2n) is 4.27. The Kier molecular flexibility index (Phi) is 3.55. The van der Waals surface area contributed by atoms with Gasteiger partial charge in [0.1, 0.15) is 11.5 Å². The van der Waals surface area contributed by atoms with Crippen molar-refractivity contribution in [3.05, 3.63) is 41.2 Å². The zero-order chi connectivity index (χ0) is 14.0. The molecule has 1 N–H and O–H groups in total. The summed E-state index contributed by atoms with van der Waals surface area (Å²) in [6.07, 6.45) is 0. The van der Waals surface area contributed by atoms with Crippen LogP contribution in [0, 0.1) is 0 Å². The van der Waals surface area contributed by atoms with Gasteiger partial charge in [-0.05, 0) is 31.5 Å². The van der Waals surface area contributed by atoms with Crippen LogP contribution in [0.15, 0.2) is 40.8 Å². The van der Waals surface area contributed by atoms with Gasteiger partial charge in [-0.25, -0.2) is 0 Å². The van der Waals surface area contributed by atoms with Gasteiger partial charge in [0.2, 0.25) is 5.90 Å². The second-order valence-corrected chi connectivity index (χ2v) is 4.27. The normalized spacial score (nSPS) is 20.6. The molecular weight excluding hydrogens is 246 g/mol. The predicted molar refractivity (Wildman–Crippen MR) is 69.4 cm³/mol. The number of benzene rings is 1. The highest BCUT2D eigenvalue weighted by atomic mass is 16.5. The van der Waals surface area contributed by atoms with E-state index >= 15 is 0 Å². The molecular formula is C14H15NO4. The van der Waals surface area contributed by atoms with Gasteiger partial charge in [-0.15, -0.1) is 0 Å². The van der Waals surface area contributed by atoms with Crippen molar-refractivity contribution in [2.24, 2.45) is 5.16 Å². The highest BCUT2D eigenvalue weighted by Gasteiger charge is 2.36. The quantitative estimate of drug-likeness (QED) is 0.670. The molecule has 0 amide bonds. The lowest BCUT2D eigenvalue weighted by Crippen LogP contribution is -2.14. The third kappa shape index (κ3) is 2.31. The molecule has 1 aliphatic heterocycles. The Labute approximate surface area is 111 Å². The number of carbonyl (C=O) groups excluding carboxylic acids is 1. The zero-order valence-corrected chi connectivity index (χ0v) is 11.0. The molecule has 1 atom stereocenters. The molecule has 2 rings (SSSR count). The second kappa shape index (κ2) is 5.14. The number of allylic oxidation sites excluding steroid dienone is 1. The van der Waals surface area contributed by atoms with E-state index in [0.29, 0.717) is 11.3 Å². The summed E-state index contributed by atoms with van der Waals surface area (Å²) < 4.78 is 10.4. The molecule has 0 fully saturated rings. The minimum absolute atomic E-state index is 0.100. The number of hydrogen-bond donors (Lipinski definition) is 1. The van der Waals surface area contributed by atoms with Crippen molar-refractivity contribution < 1.29 is 19.5 Å². The van der Waals surface area contributed by atoms with Gasteiger partial charge >= 0.3 is 0 Å². The molecule has 1 aromatic rings. The predicted octanol–water partition coefficient (Wildman–Crippen LogP) is 2.46. The van der Waals surface area contributed by atoms with Gasteiger partial charge in [0.15, 0.2) is 5.78 Å². The van der Waals surface area contributed by atoms with Crippen molar-refractivity contribution >= 4 is 11.7 Å². The molecule has 100 valence electrons. The molecule has 0 spiro atoms. The average Bonchev–Trinajstić information content (AvgIpc) is 2.75. The van der Waals surface area contributed by atoms with Gasteiger partial charge in [0.25, 0.3) is 0 Å². The number of ketones is 1. The Balaban J connectivity index is 2.46. The summed E-state index contributed by atoms with van der Waals surface area (Å²) in [6.45, 7) is 3.16. The Morgan fingerprint density at radius 3 is 2.47 bits per heavy atom. The minimum atomic E-state index is -0.464. The van der Waals surface area contributed by atoms with Gasteiger partial charge in [-0.3, -0.25) is 4.79 Å². The Morgan fingerprint density at radius 1 is 1.37 bits per heavy atom. The van der Waals surface area contributed by atoms with Crippen LogP contribution in [0.25, 0.3) is 0 Å². The zero-order valence-electron chi connectivity index (χ0n) is 11.0. The first-order valence-corrected chi connectivity index (χ1v) is 5.84. The van der Waals surface area contributed by atoms with Gasteiger partial charge in [0.05, 0.1) is 13.0 Å². The van der Waals surface area contributed by atoms with Crippen LogP contribution >= 0.6 is 0 Å². The van der Waals surface area contributed by atoms with Crippen LogP contribution in [0.3, 0.4) is 0 Å². The van der Waals surface area contributed by atoms with E-state index in [9.17, 15) is 4.79 Å². The van der Waals surface area contributed by atoms with E-state index in [2.05, 4.69) is 5.16 Å². The number of carbonyl (C=O) groups is 1. The summed E-state index contributed by atoms with van der Waals surface area (Å²) in [4.78, 5) is 11.7. The van der Waals surface area contributed by atoms with Gasteiger partial charge in [-0.1, -0.05) is 17.3 Å². The first-order chi connectivity index (χ1) is 9.08. The summed E-state index contributed by atoms with van der Waals surface area (Å²) in [6, 6.07) is 7.21. The Morgan fingerprint density at radius 2 is 2.00 bits per heavy atom. The van der Waals surface area contributed by atoms with Crippen molar-refractivity contribution in [1.82, 2.24) is 0 Å². The molecule has 0 saturated carbocycles. The molecule has 5 nitrogen and oxygen atoms in total. The minimum Gasteiger partial charge on any atom is -0.497 e. The fourth-order valence-corrected chi connectivity index (χ4v) is 2.23. The van der Waals surface area contributed by atoms with E-state index in [1.807, 2.05) is 12.1 Å². The topological polar surface area (TPSA) is 68.1 Å². The van der Waals surface area contributed by atoms with E-state index in [1.54, 1.807) is 26.2 Å². The van der Waals surface area contributed by atoms with Crippen LogP contribution < -0.4 is 4.74 Å². The summed E-state index contributed by atoms with van der Waals surface area (Å²) in [5.41, 5.74) is 1.33. The summed E-state index contributed by atoms with van der Waals surface area (Å²) >= 11 is 0.